The number of rotatable bonds is 2. The smallest absolute Gasteiger partial charge is 0.261 e. The summed E-state index contributed by atoms with van der Waals surface area (Å²) < 4.78 is 5.77. The van der Waals surface area contributed by atoms with E-state index in [0.717, 1.165) is 38.5 Å². The van der Waals surface area contributed by atoms with Crippen molar-refractivity contribution < 1.29 is 14.3 Å². The van der Waals surface area contributed by atoms with Gasteiger partial charge in [0.15, 0.2) is 11.9 Å². The van der Waals surface area contributed by atoms with Gasteiger partial charge in [0.1, 0.15) is 5.75 Å². The van der Waals surface area contributed by atoms with Gasteiger partial charge < -0.3 is 15.8 Å². The molecule has 0 aromatic heterocycles. The van der Waals surface area contributed by atoms with Crippen molar-refractivity contribution in [1.29, 1.82) is 0 Å². The molecule has 5 nitrogen and oxygen atoms in total. The first-order valence-corrected chi connectivity index (χ1v) is 8.86. The average Bonchev–Trinajstić information content (AvgIpc) is 2.57. The second-order valence-electron chi connectivity index (χ2n) is 7.51. The maximum absolute atomic E-state index is 12.7. The third-order valence-corrected chi connectivity index (χ3v) is 6.10. The molecular weight excluding hydrogens is 328 g/mol. The molecule has 4 aliphatic rings. The van der Waals surface area contributed by atoms with Gasteiger partial charge in [-0.1, -0.05) is 11.6 Å². The summed E-state index contributed by atoms with van der Waals surface area (Å²) in [6, 6.07) is 4.90. The van der Waals surface area contributed by atoms with Gasteiger partial charge in [-0.15, -0.1) is 0 Å². The van der Waals surface area contributed by atoms with Crippen LogP contribution in [0.5, 0.6) is 5.75 Å². The maximum atomic E-state index is 12.7. The highest BCUT2D eigenvalue weighted by Gasteiger charge is 2.48. The Morgan fingerprint density at radius 2 is 1.88 bits per heavy atom. The third kappa shape index (κ3) is 2.70. The molecule has 1 amide bonds. The molecule has 3 aliphatic carbocycles. The van der Waals surface area contributed by atoms with Gasteiger partial charge in [0, 0.05) is 16.1 Å². The number of amides is 1. The van der Waals surface area contributed by atoms with Crippen molar-refractivity contribution in [3.05, 3.63) is 28.8 Å². The highest BCUT2D eigenvalue weighted by Crippen LogP contribution is 2.45. The molecule has 3 saturated carbocycles. The largest absolute Gasteiger partial charge is 0.479 e. The lowest BCUT2D eigenvalue weighted by Crippen LogP contribution is -2.63. The van der Waals surface area contributed by atoms with E-state index in [1.807, 2.05) is 0 Å². The number of hydrogen-bond donors (Lipinski definition) is 2. The first kappa shape index (κ1) is 15.9. The molecule has 1 heterocycles. The van der Waals surface area contributed by atoms with Crippen molar-refractivity contribution >= 4 is 23.3 Å². The van der Waals surface area contributed by atoms with Crippen LogP contribution in [-0.4, -0.2) is 28.9 Å². The number of ether oxygens (including phenoxy) is 1. The number of fused-ring (bicyclic) bond motifs is 4. The van der Waals surface area contributed by atoms with Crippen LogP contribution in [0.25, 0.3) is 0 Å². The van der Waals surface area contributed by atoms with E-state index in [1.165, 1.54) is 0 Å². The van der Waals surface area contributed by atoms with Gasteiger partial charge in [-0.3, -0.25) is 9.59 Å². The van der Waals surface area contributed by atoms with Crippen LogP contribution in [0.3, 0.4) is 0 Å². The first-order valence-electron chi connectivity index (χ1n) is 8.49. The summed E-state index contributed by atoms with van der Waals surface area (Å²) in [7, 11) is 0. The molecule has 1 atom stereocenters. The van der Waals surface area contributed by atoms with Crippen LogP contribution in [0, 0.1) is 0 Å². The van der Waals surface area contributed by atoms with E-state index >= 15 is 0 Å². The normalized spacial score (nSPS) is 34.4. The Labute approximate surface area is 145 Å². The number of benzene rings is 1. The fraction of sp³-hybridized carbons (Fsp3) is 0.556. The van der Waals surface area contributed by atoms with Crippen molar-refractivity contribution in [1.82, 2.24) is 5.32 Å². The van der Waals surface area contributed by atoms with Crippen LogP contribution < -0.4 is 15.8 Å². The Bertz CT molecular complexity index is 694. The first-order chi connectivity index (χ1) is 11.4. The van der Waals surface area contributed by atoms with Crippen LogP contribution in [0.15, 0.2) is 18.2 Å². The average molecular weight is 349 g/mol. The van der Waals surface area contributed by atoms with Gasteiger partial charge in [-0.25, -0.2) is 0 Å². The lowest BCUT2D eigenvalue weighted by atomic mass is 9.62. The van der Waals surface area contributed by atoms with E-state index in [4.69, 9.17) is 22.1 Å². The van der Waals surface area contributed by atoms with Crippen molar-refractivity contribution in [3.8, 4) is 5.75 Å². The number of carbonyl (C=O) groups excluding carboxylic acids is 2. The molecule has 1 aromatic rings. The summed E-state index contributed by atoms with van der Waals surface area (Å²) in [6.07, 6.45) is 4.83. The van der Waals surface area contributed by atoms with Crippen LogP contribution in [0.2, 0.25) is 5.02 Å². The van der Waals surface area contributed by atoms with E-state index in [1.54, 1.807) is 18.2 Å². The number of Topliss-reactive ketones (excluding diaryl/α,β-unsaturated/α-hetero) is 1. The fourth-order valence-electron chi connectivity index (χ4n) is 4.19. The molecule has 1 aliphatic heterocycles. The summed E-state index contributed by atoms with van der Waals surface area (Å²) in [5.74, 6) is 0.126. The molecule has 2 bridgehead atoms. The molecule has 6 heteroatoms. The Hall–Kier alpha value is -1.59. The summed E-state index contributed by atoms with van der Waals surface area (Å²) in [4.78, 5) is 25.0. The van der Waals surface area contributed by atoms with Gasteiger partial charge in [-0.05, 0) is 56.7 Å². The van der Waals surface area contributed by atoms with Crippen LogP contribution in [0.1, 0.15) is 55.3 Å². The van der Waals surface area contributed by atoms with Gasteiger partial charge >= 0.3 is 0 Å². The molecule has 0 spiro atoms. The topological polar surface area (TPSA) is 81.4 Å². The van der Waals surface area contributed by atoms with E-state index in [9.17, 15) is 9.59 Å². The van der Waals surface area contributed by atoms with Crippen LogP contribution >= 0.6 is 11.6 Å². The third-order valence-electron chi connectivity index (χ3n) is 5.87. The van der Waals surface area contributed by atoms with E-state index in [0.29, 0.717) is 16.3 Å². The van der Waals surface area contributed by atoms with Crippen molar-refractivity contribution in [2.75, 3.05) is 0 Å². The van der Waals surface area contributed by atoms with Crippen molar-refractivity contribution in [3.63, 3.8) is 0 Å². The summed E-state index contributed by atoms with van der Waals surface area (Å²) in [5, 5.41) is 3.66. The zero-order chi connectivity index (χ0) is 16.9. The Kier molecular flexibility index (Phi) is 3.62. The van der Waals surface area contributed by atoms with Crippen LogP contribution in [-0.2, 0) is 4.79 Å². The lowest BCUT2D eigenvalue weighted by Gasteiger charge is -2.52. The van der Waals surface area contributed by atoms with Gasteiger partial charge in [0.25, 0.3) is 5.91 Å². The molecule has 0 radical (unpaired) electrons. The maximum Gasteiger partial charge on any atom is 0.261 e. The van der Waals surface area contributed by atoms with Gasteiger partial charge in [0.2, 0.25) is 0 Å². The second kappa shape index (κ2) is 5.46. The van der Waals surface area contributed by atoms with Crippen LogP contribution in [0.4, 0.5) is 0 Å². The number of nitrogens with one attached hydrogen (secondary N) is 1. The molecule has 3 N–H and O–H groups in total. The molecule has 5 rings (SSSR count). The predicted octanol–water partition coefficient (Wildman–Crippen LogP) is 2.59. The molecule has 1 unspecified atom stereocenters. The summed E-state index contributed by atoms with van der Waals surface area (Å²) >= 11 is 5.93. The van der Waals surface area contributed by atoms with Gasteiger partial charge in [-0.2, -0.15) is 0 Å². The monoisotopic (exact) mass is 348 g/mol. The van der Waals surface area contributed by atoms with Crippen molar-refractivity contribution in [2.45, 2.75) is 62.1 Å². The molecule has 24 heavy (non-hydrogen) atoms. The molecular formula is C18H21ClN2O3. The Morgan fingerprint density at radius 1 is 1.21 bits per heavy atom. The number of ketones is 1. The fourth-order valence-corrected chi connectivity index (χ4v) is 4.36. The standard InChI is InChI=1S/C18H21ClN2O3/c19-11-1-2-14-12(9-11)13(22)10-15(24-14)16(23)21-18-6-3-17(20,4-7-18)5-8-18/h1-2,9,15H,3-8,10,20H2,(H,21,23). The van der Waals surface area contributed by atoms with Crippen molar-refractivity contribution in [2.24, 2.45) is 5.73 Å². The van der Waals surface area contributed by atoms with E-state index in [-0.39, 0.29) is 29.2 Å². The lowest BCUT2D eigenvalue weighted by molar-refractivity contribution is -0.131. The number of hydrogen-bond acceptors (Lipinski definition) is 4. The number of halogens is 1. The zero-order valence-corrected chi connectivity index (χ0v) is 14.2. The SMILES string of the molecule is NC12CCC(NC(=O)C3CC(=O)c4cc(Cl)ccc4O3)(CC1)CC2. The molecule has 3 fully saturated rings. The summed E-state index contributed by atoms with van der Waals surface area (Å²) in [6.45, 7) is 0. The highest BCUT2D eigenvalue weighted by molar-refractivity contribution is 6.31. The van der Waals surface area contributed by atoms with Gasteiger partial charge in [0.05, 0.1) is 12.0 Å². The quantitative estimate of drug-likeness (QED) is 0.860. The second-order valence-corrected chi connectivity index (χ2v) is 7.94. The minimum Gasteiger partial charge on any atom is -0.479 e. The molecule has 1 aromatic carbocycles. The van der Waals surface area contributed by atoms with E-state index in [2.05, 4.69) is 5.32 Å². The number of carbonyl (C=O) groups is 2. The molecule has 0 saturated heterocycles. The minimum absolute atomic E-state index is 0.0397. The van der Waals surface area contributed by atoms with E-state index < -0.39 is 6.10 Å². The Morgan fingerprint density at radius 3 is 2.54 bits per heavy atom. The highest BCUT2D eigenvalue weighted by atomic mass is 35.5. The molecule has 128 valence electrons. The number of nitrogens with two attached hydrogens (primary N) is 1. The zero-order valence-electron chi connectivity index (χ0n) is 13.4. The summed E-state index contributed by atoms with van der Waals surface area (Å²) in [5.41, 5.74) is 6.56. The Balaban J connectivity index is 1.48. The predicted molar refractivity (Wildman–Crippen MR) is 90.3 cm³/mol. The minimum atomic E-state index is -0.771.